The molecule has 296 valence electrons. The molecule has 55 heavy (non-hydrogen) atoms. The fourth-order valence-electron chi connectivity index (χ4n) is 5.79. The van der Waals surface area contributed by atoms with E-state index in [4.69, 9.17) is 11.5 Å². The molecule has 3 aromatic carbocycles. The summed E-state index contributed by atoms with van der Waals surface area (Å²) >= 11 is 0. The number of carbonyl (C=O) groups is 6. The lowest BCUT2D eigenvalue weighted by Gasteiger charge is -2.28. The van der Waals surface area contributed by atoms with E-state index in [1.54, 1.807) is 68.4 Å². The summed E-state index contributed by atoms with van der Waals surface area (Å²) in [5.74, 6) is -4.89. The van der Waals surface area contributed by atoms with E-state index < -0.39 is 77.7 Å². The van der Waals surface area contributed by atoms with Gasteiger partial charge in [0, 0.05) is 19.3 Å². The van der Waals surface area contributed by atoms with Crippen LogP contribution in [0.2, 0.25) is 0 Å². The van der Waals surface area contributed by atoms with Crippen molar-refractivity contribution in [2.24, 2.45) is 17.4 Å². The van der Waals surface area contributed by atoms with Gasteiger partial charge in [-0.1, -0.05) is 111 Å². The molecule has 14 heteroatoms. The van der Waals surface area contributed by atoms with E-state index in [0.717, 1.165) is 5.56 Å². The van der Waals surface area contributed by atoms with Crippen LogP contribution in [0.3, 0.4) is 0 Å². The van der Waals surface area contributed by atoms with E-state index in [1.165, 1.54) is 6.92 Å². The SMILES string of the molecule is CC(C)[C@H](NC(=O)[C@H](Cc1ccccc1)NC(=O)[C@@H](N)CCCCN)C(=O)N[C@@H](Cc1ccccc1)C(=O)N[C@@H](Cc1ccccc1)C(=O)N[C@@H](C)C(=O)O. The Kier molecular flexibility index (Phi) is 18.0. The maximum absolute atomic E-state index is 14.0. The van der Waals surface area contributed by atoms with Crippen LogP contribution in [0.15, 0.2) is 91.0 Å². The largest absolute Gasteiger partial charge is 0.480 e. The Hall–Kier alpha value is -5.60. The van der Waals surface area contributed by atoms with Gasteiger partial charge in [-0.25, -0.2) is 0 Å². The average molecular weight is 758 g/mol. The molecular weight excluding hydrogens is 702 g/mol. The highest BCUT2D eigenvalue weighted by Gasteiger charge is 2.34. The summed E-state index contributed by atoms with van der Waals surface area (Å²) in [6.07, 6.45) is 1.95. The second-order valence-corrected chi connectivity index (χ2v) is 13.9. The predicted molar refractivity (Wildman–Crippen MR) is 209 cm³/mol. The molecule has 0 fully saturated rings. The first-order valence-corrected chi connectivity index (χ1v) is 18.6. The molecule has 0 unspecified atom stereocenters. The maximum atomic E-state index is 14.0. The lowest BCUT2D eigenvalue weighted by Crippen LogP contribution is -2.61. The van der Waals surface area contributed by atoms with Gasteiger partial charge < -0.3 is 43.2 Å². The summed E-state index contributed by atoms with van der Waals surface area (Å²) in [6, 6.07) is 20.3. The Balaban J connectivity index is 1.86. The number of nitrogens with two attached hydrogens (primary N) is 2. The summed E-state index contributed by atoms with van der Waals surface area (Å²) in [4.78, 5) is 79.9. The van der Waals surface area contributed by atoms with Crippen molar-refractivity contribution in [1.82, 2.24) is 26.6 Å². The second-order valence-electron chi connectivity index (χ2n) is 13.9. The van der Waals surface area contributed by atoms with Gasteiger partial charge in [-0.15, -0.1) is 0 Å². The molecule has 0 aliphatic rings. The zero-order valence-electron chi connectivity index (χ0n) is 31.7. The Morgan fingerprint density at radius 2 is 0.927 bits per heavy atom. The van der Waals surface area contributed by atoms with Crippen molar-refractivity contribution < 1.29 is 33.9 Å². The molecule has 0 spiro atoms. The smallest absolute Gasteiger partial charge is 0.325 e. The molecule has 14 nitrogen and oxygen atoms in total. The number of carboxylic acid groups (broad SMARTS) is 1. The molecule has 0 radical (unpaired) electrons. The molecule has 3 rings (SSSR count). The third-order valence-corrected chi connectivity index (χ3v) is 9.03. The molecule has 0 aliphatic heterocycles. The predicted octanol–water partition coefficient (Wildman–Crippen LogP) is 1.36. The van der Waals surface area contributed by atoms with E-state index in [9.17, 15) is 33.9 Å². The number of hydrogen-bond acceptors (Lipinski definition) is 8. The summed E-state index contributed by atoms with van der Waals surface area (Å²) in [5.41, 5.74) is 13.9. The van der Waals surface area contributed by atoms with Crippen LogP contribution >= 0.6 is 0 Å². The van der Waals surface area contributed by atoms with Crippen LogP contribution in [0.5, 0.6) is 0 Å². The number of carbonyl (C=O) groups excluding carboxylic acids is 5. The van der Waals surface area contributed by atoms with Crippen LogP contribution in [-0.2, 0) is 48.0 Å². The number of nitrogens with one attached hydrogen (secondary N) is 5. The standard InChI is InChI=1S/C41H55N7O7/c1-26(2)35(48-39(52)34(25-30-19-11-6-12-20-30)45-36(49)31(43)21-13-14-22-42)40(53)47-33(24-29-17-9-5-10-18-29)38(51)46-32(23-28-15-7-4-8-16-28)37(50)44-27(3)41(54)55/h4-12,15-20,26-27,31-35H,13-14,21-25,42-43H2,1-3H3,(H,44,50)(H,45,49)(H,46,51)(H,47,53)(H,48,52)(H,54,55)/t27-,31-,32-,33-,34-,35-/m0/s1. The molecular formula is C41H55N7O7. The average Bonchev–Trinajstić information content (AvgIpc) is 3.16. The van der Waals surface area contributed by atoms with Crippen LogP contribution in [0.25, 0.3) is 0 Å². The van der Waals surface area contributed by atoms with Gasteiger partial charge >= 0.3 is 5.97 Å². The van der Waals surface area contributed by atoms with Crippen molar-refractivity contribution in [3.8, 4) is 0 Å². The first-order valence-electron chi connectivity index (χ1n) is 18.6. The summed E-state index contributed by atoms with van der Waals surface area (Å²) < 4.78 is 0. The van der Waals surface area contributed by atoms with E-state index >= 15 is 0 Å². The summed E-state index contributed by atoms with van der Waals surface area (Å²) in [5, 5.41) is 22.9. The molecule has 5 amide bonds. The zero-order valence-corrected chi connectivity index (χ0v) is 31.7. The van der Waals surface area contributed by atoms with Crippen LogP contribution in [-0.4, -0.2) is 83.4 Å². The molecule has 3 aromatic rings. The van der Waals surface area contributed by atoms with Crippen molar-refractivity contribution in [2.45, 2.75) is 95.5 Å². The highest BCUT2D eigenvalue weighted by atomic mass is 16.4. The van der Waals surface area contributed by atoms with Gasteiger partial charge in [-0.3, -0.25) is 28.8 Å². The number of benzene rings is 3. The normalized spacial score (nSPS) is 14.3. The van der Waals surface area contributed by atoms with Crippen molar-refractivity contribution in [1.29, 1.82) is 0 Å². The number of hydrogen-bond donors (Lipinski definition) is 8. The molecule has 0 saturated heterocycles. The number of aliphatic carboxylic acids is 1. The van der Waals surface area contributed by atoms with Crippen LogP contribution in [0.1, 0.15) is 56.7 Å². The van der Waals surface area contributed by atoms with E-state index in [-0.39, 0.29) is 19.3 Å². The van der Waals surface area contributed by atoms with Crippen LogP contribution in [0.4, 0.5) is 0 Å². The summed E-state index contributed by atoms with van der Waals surface area (Å²) in [7, 11) is 0. The molecule has 0 bridgehead atoms. The minimum absolute atomic E-state index is 0.0388. The van der Waals surface area contributed by atoms with Gasteiger partial charge in [0.05, 0.1) is 6.04 Å². The number of unbranched alkanes of at least 4 members (excludes halogenated alkanes) is 1. The van der Waals surface area contributed by atoms with Gasteiger partial charge in [0.25, 0.3) is 0 Å². The van der Waals surface area contributed by atoms with E-state index in [0.29, 0.717) is 36.9 Å². The zero-order chi connectivity index (χ0) is 40.3. The van der Waals surface area contributed by atoms with Crippen molar-refractivity contribution in [3.63, 3.8) is 0 Å². The molecule has 0 aliphatic carbocycles. The van der Waals surface area contributed by atoms with Crippen LogP contribution < -0.4 is 38.1 Å². The highest BCUT2D eigenvalue weighted by Crippen LogP contribution is 2.11. The quantitative estimate of drug-likeness (QED) is 0.0690. The number of amides is 5. The van der Waals surface area contributed by atoms with Crippen LogP contribution in [0, 0.1) is 5.92 Å². The van der Waals surface area contributed by atoms with Gasteiger partial charge in [0.2, 0.25) is 29.5 Å². The van der Waals surface area contributed by atoms with Crippen molar-refractivity contribution in [3.05, 3.63) is 108 Å². The van der Waals surface area contributed by atoms with Gasteiger partial charge in [0.1, 0.15) is 30.2 Å². The monoisotopic (exact) mass is 757 g/mol. The van der Waals surface area contributed by atoms with E-state index in [2.05, 4.69) is 26.6 Å². The third kappa shape index (κ3) is 15.0. The van der Waals surface area contributed by atoms with E-state index in [1.807, 2.05) is 36.4 Å². The fourth-order valence-corrected chi connectivity index (χ4v) is 5.79. The lowest BCUT2D eigenvalue weighted by atomic mass is 9.99. The topological polar surface area (TPSA) is 235 Å². The number of rotatable bonds is 22. The third-order valence-electron chi connectivity index (χ3n) is 9.03. The first kappa shape index (κ1) is 43.8. The van der Waals surface area contributed by atoms with Crippen molar-refractivity contribution >= 4 is 35.5 Å². The van der Waals surface area contributed by atoms with Gasteiger partial charge in [-0.2, -0.15) is 0 Å². The Bertz CT molecular complexity index is 1690. The highest BCUT2D eigenvalue weighted by molar-refractivity contribution is 5.96. The first-order chi connectivity index (χ1) is 26.3. The molecule has 0 saturated carbocycles. The molecule has 0 aromatic heterocycles. The molecule has 6 atom stereocenters. The lowest BCUT2D eigenvalue weighted by molar-refractivity contribution is -0.141. The molecule has 10 N–H and O–H groups in total. The second kappa shape index (κ2) is 22.6. The van der Waals surface area contributed by atoms with Gasteiger partial charge in [0.15, 0.2) is 0 Å². The maximum Gasteiger partial charge on any atom is 0.325 e. The Labute approximate surface area is 322 Å². The summed E-state index contributed by atoms with van der Waals surface area (Å²) in [6.45, 7) is 5.25. The fraction of sp³-hybridized carbons (Fsp3) is 0.415. The van der Waals surface area contributed by atoms with Crippen molar-refractivity contribution in [2.75, 3.05) is 6.54 Å². The Morgan fingerprint density at radius 3 is 1.33 bits per heavy atom. The number of carboxylic acids is 1. The Morgan fingerprint density at radius 1 is 0.545 bits per heavy atom. The molecule has 0 heterocycles. The van der Waals surface area contributed by atoms with Gasteiger partial charge in [-0.05, 0) is 48.9 Å². The minimum Gasteiger partial charge on any atom is -0.480 e. The minimum atomic E-state index is -1.25.